The molecule has 3 aliphatic heterocycles. The molecule has 8 nitrogen and oxygen atoms in total. The third kappa shape index (κ3) is 4.62. The van der Waals surface area contributed by atoms with Gasteiger partial charge in [-0.3, -0.25) is 24.6 Å². The van der Waals surface area contributed by atoms with Crippen LogP contribution in [0.1, 0.15) is 60.5 Å². The lowest BCUT2D eigenvalue weighted by atomic mass is 10.0. The van der Waals surface area contributed by atoms with Gasteiger partial charge in [0.1, 0.15) is 18.3 Å². The van der Waals surface area contributed by atoms with Crippen LogP contribution in [0.15, 0.2) is 42.5 Å². The van der Waals surface area contributed by atoms with Gasteiger partial charge in [0, 0.05) is 45.3 Å². The summed E-state index contributed by atoms with van der Waals surface area (Å²) in [5.41, 5.74) is -1.70. The van der Waals surface area contributed by atoms with Gasteiger partial charge in [0.15, 0.2) is 0 Å². The monoisotopic (exact) mass is 464 g/mol. The molecule has 33 heavy (non-hydrogen) atoms. The van der Waals surface area contributed by atoms with Crippen molar-refractivity contribution in [2.24, 2.45) is 0 Å². The second-order valence-electron chi connectivity index (χ2n) is 7.01. The zero-order valence-electron chi connectivity index (χ0n) is 31.9. The van der Waals surface area contributed by atoms with E-state index in [0.29, 0.717) is 4.90 Å². The third-order valence-corrected chi connectivity index (χ3v) is 4.88. The number of nitrogens with one attached hydrogen (secondary N) is 1. The molecule has 3 amide bonds. The fourth-order valence-electron chi connectivity index (χ4n) is 3.30. The zero-order chi connectivity index (χ0) is 36.3. The van der Waals surface area contributed by atoms with E-state index in [1.807, 2.05) is 5.32 Å². The van der Waals surface area contributed by atoms with Crippen LogP contribution in [0.25, 0.3) is 0 Å². The van der Waals surface area contributed by atoms with E-state index >= 15 is 0 Å². The number of morpholine rings is 1. The maximum atomic E-state index is 13.4. The SMILES string of the molecule is [2H]C([2H])(Oc1cccc2c1C([2H])([2H])N([C@]1([2H])CCC(=O)NC1=O)C2=O)c1ccc(C([2H])([2H])N2C([2H])([2H])C([2H])([2H])OC([2H])([2H])C2([2H])[2H])cc1. The van der Waals surface area contributed by atoms with Crippen molar-refractivity contribution in [3.8, 4) is 5.75 Å². The second kappa shape index (κ2) is 9.33. The number of ether oxygens (including phenoxy) is 2. The first-order chi connectivity index (χ1) is 21.7. The predicted octanol–water partition coefficient (Wildman–Crippen LogP) is 1.86. The van der Waals surface area contributed by atoms with Crippen molar-refractivity contribution < 1.29 is 44.4 Å². The van der Waals surface area contributed by atoms with Gasteiger partial charge in [-0.25, -0.2) is 0 Å². The summed E-state index contributed by atoms with van der Waals surface area (Å²) in [5.74, 6) is -3.49. The van der Waals surface area contributed by atoms with Crippen molar-refractivity contribution in [1.29, 1.82) is 0 Å². The second-order valence-corrected chi connectivity index (χ2v) is 7.01. The number of rotatable bonds is 6. The fourth-order valence-corrected chi connectivity index (χ4v) is 3.30. The maximum absolute atomic E-state index is 13.4. The van der Waals surface area contributed by atoms with Crippen LogP contribution in [-0.2, 0) is 33.9 Å². The van der Waals surface area contributed by atoms with Gasteiger partial charge in [-0.15, -0.1) is 0 Å². The Morgan fingerprint density at radius 1 is 1.12 bits per heavy atom. The van der Waals surface area contributed by atoms with E-state index in [1.54, 1.807) is 0 Å². The standard InChI is InChI=1S/C25H27N3O5/c29-23-9-8-21(24(30)26-23)28-15-20-19(25(28)31)2-1-3-22(20)33-16-18-6-4-17(5-7-18)14-27-10-12-32-13-11-27/h1-7,21H,8-16H2,(H,26,29,30)/t21-/m1/s1/i10D2,11D2,12D2,13D2,14D2,15D2,16D2,21D. The Morgan fingerprint density at radius 2 is 1.88 bits per heavy atom. The van der Waals surface area contributed by atoms with E-state index in [0.717, 1.165) is 30.3 Å². The minimum absolute atomic E-state index is 0.268. The molecule has 0 radical (unpaired) electrons. The molecule has 3 aliphatic rings. The summed E-state index contributed by atoms with van der Waals surface area (Å²) < 4.78 is 134. The Kier molecular flexibility index (Phi) is 2.93. The molecule has 2 aromatic rings. The number of nitrogens with zero attached hydrogens (tertiary/aromatic N) is 2. The molecule has 3 heterocycles. The normalized spacial score (nSPS) is 38.6. The average Bonchev–Trinajstić information content (AvgIpc) is 3.14. The highest BCUT2D eigenvalue weighted by Crippen LogP contribution is 2.34. The van der Waals surface area contributed by atoms with Crippen molar-refractivity contribution in [3.05, 3.63) is 64.7 Å². The number of amides is 3. The van der Waals surface area contributed by atoms with Gasteiger partial charge in [-0.05, 0) is 29.7 Å². The molecule has 1 N–H and O–H groups in total. The number of carbonyl (C=O) groups is 3. The molecule has 0 aliphatic carbocycles. The topological polar surface area (TPSA) is 88.2 Å². The number of hydrogen-bond donors (Lipinski definition) is 1. The Labute approximate surface area is 213 Å². The largest absolute Gasteiger partial charge is 0.489 e. The smallest absolute Gasteiger partial charge is 0.255 e. The number of piperidine rings is 1. The molecule has 0 unspecified atom stereocenters. The van der Waals surface area contributed by atoms with E-state index in [2.05, 4.69) is 4.74 Å². The van der Waals surface area contributed by atoms with E-state index in [1.165, 1.54) is 12.1 Å². The number of imide groups is 1. The molecular weight excluding hydrogens is 422 g/mol. The van der Waals surface area contributed by atoms with E-state index in [4.69, 9.17) is 25.3 Å². The molecule has 0 aromatic heterocycles. The van der Waals surface area contributed by atoms with Crippen LogP contribution in [0.3, 0.4) is 0 Å². The highest BCUT2D eigenvalue weighted by atomic mass is 16.5. The van der Waals surface area contributed by atoms with Gasteiger partial charge in [-0.2, -0.15) is 0 Å². The van der Waals surface area contributed by atoms with Crippen LogP contribution in [0, 0.1) is 0 Å². The summed E-state index contributed by atoms with van der Waals surface area (Å²) in [4.78, 5) is 37.8. The number of fused-ring (bicyclic) bond motifs is 1. The van der Waals surface area contributed by atoms with Crippen molar-refractivity contribution >= 4 is 17.7 Å². The summed E-state index contributed by atoms with van der Waals surface area (Å²) in [6, 6.07) is 4.83. The molecule has 2 aromatic carbocycles. The summed E-state index contributed by atoms with van der Waals surface area (Å²) >= 11 is 0. The van der Waals surface area contributed by atoms with Crippen molar-refractivity contribution in [3.63, 3.8) is 0 Å². The van der Waals surface area contributed by atoms with Gasteiger partial charge < -0.3 is 14.4 Å². The van der Waals surface area contributed by atoms with E-state index < -0.39 is 92.7 Å². The first-order valence-electron chi connectivity index (χ1n) is 17.3. The van der Waals surface area contributed by atoms with Crippen LogP contribution >= 0.6 is 0 Å². The lowest BCUT2D eigenvalue weighted by molar-refractivity contribution is -0.136. The Morgan fingerprint density at radius 3 is 2.64 bits per heavy atom. The average molecular weight is 465 g/mol. The minimum Gasteiger partial charge on any atom is -0.489 e. The first kappa shape index (κ1) is 10.4. The van der Waals surface area contributed by atoms with Crippen molar-refractivity contribution in [1.82, 2.24) is 15.1 Å². The maximum Gasteiger partial charge on any atom is 0.255 e. The molecular formula is C25H27N3O5. The molecule has 2 fully saturated rings. The molecule has 2 saturated heterocycles. The highest BCUT2D eigenvalue weighted by Gasteiger charge is 2.40. The number of hydrogen-bond acceptors (Lipinski definition) is 6. The number of benzene rings is 2. The first-order valence-corrected chi connectivity index (χ1v) is 9.79. The van der Waals surface area contributed by atoms with Gasteiger partial charge in [0.25, 0.3) is 5.91 Å². The van der Waals surface area contributed by atoms with E-state index in [9.17, 15) is 14.4 Å². The van der Waals surface area contributed by atoms with Gasteiger partial charge in [0.05, 0.1) is 32.0 Å². The van der Waals surface area contributed by atoms with E-state index in [-0.39, 0.29) is 22.4 Å². The van der Waals surface area contributed by atoms with Crippen molar-refractivity contribution in [2.45, 2.75) is 38.4 Å². The molecule has 0 bridgehead atoms. The number of carbonyl (C=O) groups excluding carboxylic acids is 3. The molecule has 0 spiro atoms. The Bertz CT molecular complexity index is 1680. The van der Waals surface area contributed by atoms with Crippen LogP contribution in [-0.4, -0.2) is 59.7 Å². The molecule has 5 rings (SSSR count). The van der Waals surface area contributed by atoms with Gasteiger partial charge in [-0.1, -0.05) is 30.3 Å². The molecule has 0 saturated carbocycles. The summed E-state index contributed by atoms with van der Waals surface area (Å²) in [5, 5.41) is 1.93. The zero-order valence-corrected chi connectivity index (χ0v) is 16.9. The van der Waals surface area contributed by atoms with Crippen LogP contribution in [0.4, 0.5) is 0 Å². The van der Waals surface area contributed by atoms with Gasteiger partial charge >= 0.3 is 0 Å². The lowest BCUT2D eigenvalue weighted by Crippen LogP contribution is -2.52. The molecule has 1 atom stereocenters. The lowest BCUT2D eigenvalue weighted by Gasteiger charge is -2.29. The fraction of sp³-hybridized carbons (Fsp3) is 0.400. The predicted molar refractivity (Wildman–Crippen MR) is 119 cm³/mol. The van der Waals surface area contributed by atoms with Gasteiger partial charge in [0.2, 0.25) is 11.8 Å². The summed E-state index contributed by atoms with van der Waals surface area (Å²) in [6.07, 6.45) is -0.845. The third-order valence-electron chi connectivity index (χ3n) is 4.88. The minimum atomic E-state index is -3.56. The Hall–Kier alpha value is -3.23. The molecule has 172 valence electrons. The van der Waals surface area contributed by atoms with Crippen LogP contribution < -0.4 is 10.1 Å². The van der Waals surface area contributed by atoms with Crippen molar-refractivity contribution in [2.75, 3.05) is 26.1 Å². The quantitative estimate of drug-likeness (QED) is 0.657. The summed E-state index contributed by atoms with van der Waals surface area (Å²) in [7, 11) is 0. The molecule has 8 heteroatoms. The highest BCUT2D eigenvalue weighted by molar-refractivity contribution is 6.05. The Balaban J connectivity index is 1.48. The van der Waals surface area contributed by atoms with Crippen LogP contribution in [0.2, 0.25) is 0 Å². The summed E-state index contributed by atoms with van der Waals surface area (Å²) in [6.45, 7) is -23.2. The van der Waals surface area contributed by atoms with Crippen LogP contribution in [0.5, 0.6) is 5.75 Å².